The number of allylic oxidation sites excluding steroid dienone is 1. The minimum atomic E-state index is -2.20. The van der Waals surface area contributed by atoms with Crippen LogP contribution in [0.3, 0.4) is 0 Å². The lowest BCUT2D eigenvalue weighted by Crippen LogP contribution is -1.94. The van der Waals surface area contributed by atoms with Gasteiger partial charge in [-0.2, -0.15) is 5.10 Å². The predicted octanol–water partition coefficient (Wildman–Crippen LogP) is 2.73. The van der Waals surface area contributed by atoms with E-state index in [-0.39, 0.29) is 4.90 Å². The number of nitrogens with one attached hydrogen (secondary N) is 2. The number of H-pyrrole nitrogens is 1. The maximum absolute atomic E-state index is 10.8. The minimum Gasteiger partial charge on any atom is -0.768 e. The van der Waals surface area contributed by atoms with Gasteiger partial charge in [0.1, 0.15) is 0 Å². The number of aromatic nitrogens is 2. The summed E-state index contributed by atoms with van der Waals surface area (Å²) in [7, 11) is 0. The van der Waals surface area contributed by atoms with E-state index in [1.807, 2.05) is 26.0 Å². The van der Waals surface area contributed by atoms with E-state index in [4.69, 9.17) is 0 Å². The van der Waals surface area contributed by atoms with E-state index >= 15 is 0 Å². The highest BCUT2D eigenvalue weighted by Crippen LogP contribution is 2.21. The molecule has 0 spiro atoms. The highest BCUT2D eigenvalue weighted by Gasteiger charge is 2.06. The molecule has 0 bridgehead atoms. The van der Waals surface area contributed by atoms with E-state index in [1.54, 1.807) is 24.3 Å². The molecule has 0 amide bonds. The molecule has 0 radical (unpaired) electrons. The lowest BCUT2D eigenvalue weighted by molar-refractivity contribution is 0.537. The zero-order valence-corrected chi connectivity index (χ0v) is 11.5. The Morgan fingerprint density at radius 2 is 2.05 bits per heavy atom. The van der Waals surface area contributed by atoms with Crippen molar-refractivity contribution in [3.05, 3.63) is 41.6 Å². The van der Waals surface area contributed by atoms with E-state index in [2.05, 4.69) is 15.5 Å². The second kappa shape index (κ2) is 5.81. The summed E-state index contributed by atoms with van der Waals surface area (Å²) in [6.07, 6.45) is 3.87. The fourth-order valence-corrected chi connectivity index (χ4v) is 2.01. The van der Waals surface area contributed by atoms with Crippen LogP contribution in [0.15, 0.2) is 35.2 Å². The predicted molar refractivity (Wildman–Crippen MR) is 74.9 cm³/mol. The number of anilines is 2. The van der Waals surface area contributed by atoms with Gasteiger partial charge in [-0.3, -0.25) is 9.31 Å². The maximum atomic E-state index is 10.8. The number of rotatable bonds is 4. The Morgan fingerprint density at radius 1 is 1.37 bits per heavy atom. The second-order valence-electron chi connectivity index (χ2n) is 3.99. The van der Waals surface area contributed by atoms with Gasteiger partial charge >= 0.3 is 0 Å². The van der Waals surface area contributed by atoms with E-state index in [9.17, 15) is 8.76 Å². The molecule has 1 heterocycles. The van der Waals surface area contributed by atoms with Gasteiger partial charge in [0.2, 0.25) is 0 Å². The molecular formula is C13H14N3O2S-. The molecule has 2 rings (SSSR count). The third kappa shape index (κ3) is 3.10. The van der Waals surface area contributed by atoms with Crippen molar-refractivity contribution in [1.82, 2.24) is 10.2 Å². The van der Waals surface area contributed by atoms with E-state index < -0.39 is 11.1 Å². The van der Waals surface area contributed by atoms with Crippen LogP contribution in [0.25, 0.3) is 6.08 Å². The number of nitrogens with zero attached hydrogens (tertiary/aromatic N) is 1. The van der Waals surface area contributed by atoms with E-state index in [1.165, 1.54) is 0 Å². The van der Waals surface area contributed by atoms with Gasteiger partial charge < -0.3 is 9.87 Å². The monoisotopic (exact) mass is 276 g/mol. The zero-order chi connectivity index (χ0) is 13.8. The molecule has 1 aromatic carbocycles. The summed E-state index contributed by atoms with van der Waals surface area (Å²) < 4.78 is 21.5. The fraction of sp³-hybridized carbons (Fsp3) is 0.154. The SMILES string of the molecule is CC=Cc1[nH]nc(Nc2ccc(S(=O)[O-])cc2)c1C. The molecule has 0 fully saturated rings. The summed E-state index contributed by atoms with van der Waals surface area (Å²) in [5, 5.41) is 10.2. The summed E-state index contributed by atoms with van der Waals surface area (Å²) in [4.78, 5) is 0.263. The van der Waals surface area contributed by atoms with Crippen LogP contribution >= 0.6 is 0 Å². The Bertz CT molecular complexity index is 617. The van der Waals surface area contributed by atoms with E-state index in [0.717, 1.165) is 22.8 Å². The van der Waals surface area contributed by atoms with Gasteiger partial charge in [0, 0.05) is 16.1 Å². The minimum absolute atomic E-state index is 0.263. The average molecular weight is 276 g/mol. The van der Waals surface area contributed by atoms with Crippen LogP contribution in [0, 0.1) is 6.92 Å². The number of benzene rings is 1. The van der Waals surface area contributed by atoms with Crippen molar-refractivity contribution >= 4 is 28.7 Å². The Balaban J connectivity index is 2.19. The van der Waals surface area contributed by atoms with Crippen molar-refractivity contribution in [2.45, 2.75) is 18.7 Å². The van der Waals surface area contributed by atoms with Crippen LogP contribution in [0.5, 0.6) is 0 Å². The standard InChI is InChI=1S/C13H15N3O2S/c1-3-4-12-9(2)13(16-15-12)14-10-5-7-11(8-6-10)19(17)18/h3-8H,1-2H3,(H,17,18)(H2,14,15,16)/p-1. The lowest BCUT2D eigenvalue weighted by atomic mass is 10.2. The van der Waals surface area contributed by atoms with Crippen molar-refractivity contribution in [3.8, 4) is 0 Å². The van der Waals surface area contributed by atoms with Crippen molar-refractivity contribution < 1.29 is 8.76 Å². The summed E-state index contributed by atoms with van der Waals surface area (Å²) in [5.74, 6) is 0.726. The first-order valence-electron chi connectivity index (χ1n) is 5.76. The largest absolute Gasteiger partial charge is 0.768 e. The number of hydrogen-bond acceptors (Lipinski definition) is 4. The molecule has 6 heteroatoms. The molecule has 19 heavy (non-hydrogen) atoms. The molecule has 100 valence electrons. The van der Waals surface area contributed by atoms with Crippen molar-refractivity contribution in [2.75, 3.05) is 5.32 Å². The molecular weight excluding hydrogens is 262 g/mol. The lowest BCUT2D eigenvalue weighted by Gasteiger charge is -2.07. The first-order chi connectivity index (χ1) is 9.11. The van der Waals surface area contributed by atoms with Gasteiger partial charge in [0.05, 0.1) is 5.69 Å². The molecule has 0 aliphatic heterocycles. The van der Waals surface area contributed by atoms with Gasteiger partial charge in [0.15, 0.2) is 5.82 Å². The molecule has 0 aliphatic carbocycles. The number of aromatic amines is 1. The fourth-order valence-electron chi connectivity index (χ4n) is 1.65. The number of hydrogen-bond donors (Lipinski definition) is 2. The third-order valence-electron chi connectivity index (χ3n) is 2.69. The van der Waals surface area contributed by atoms with Gasteiger partial charge in [-0.05, 0) is 55.3 Å². The van der Waals surface area contributed by atoms with Gasteiger partial charge in [-0.15, -0.1) is 0 Å². The highest BCUT2D eigenvalue weighted by molar-refractivity contribution is 7.79. The van der Waals surface area contributed by atoms with Crippen LogP contribution in [0.2, 0.25) is 0 Å². The molecule has 0 saturated carbocycles. The van der Waals surface area contributed by atoms with Crippen molar-refractivity contribution in [1.29, 1.82) is 0 Å². The quantitative estimate of drug-likeness (QED) is 0.841. The first kappa shape index (κ1) is 13.5. The second-order valence-corrected chi connectivity index (χ2v) is 4.94. The molecule has 0 saturated heterocycles. The Hall–Kier alpha value is -1.92. The third-order valence-corrected chi connectivity index (χ3v) is 3.35. The van der Waals surface area contributed by atoms with Crippen molar-refractivity contribution in [2.24, 2.45) is 0 Å². The Kier molecular flexibility index (Phi) is 4.13. The van der Waals surface area contributed by atoms with Crippen LogP contribution in [-0.4, -0.2) is 19.0 Å². The van der Waals surface area contributed by atoms with Gasteiger partial charge in [-0.25, -0.2) is 0 Å². The molecule has 1 unspecified atom stereocenters. The average Bonchev–Trinajstić information content (AvgIpc) is 2.73. The van der Waals surface area contributed by atoms with Crippen molar-refractivity contribution in [3.63, 3.8) is 0 Å². The van der Waals surface area contributed by atoms with Crippen LogP contribution in [-0.2, 0) is 11.1 Å². The maximum Gasteiger partial charge on any atom is 0.155 e. The Morgan fingerprint density at radius 3 is 2.63 bits per heavy atom. The van der Waals surface area contributed by atoms with Crippen LogP contribution in [0.1, 0.15) is 18.2 Å². The summed E-state index contributed by atoms with van der Waals surface area (Å²) in [6, 6.07) is 6.49. The zero-order valence-electron chi connectivity index (χ0n) is 10.6. The first-order valence-corrected chi connectivity index (χ1v) is 6.83. The van der Waals surface area contributed by atoms with Crippen LogP contribution < -0.4 is 5.32 Å². The normalized spacial score (nSPS) is 12.8. The molecule has 2 aromatic rings. The summed E-state index contributed by atoms with van der Waals surface area (Å²) in [6.45, 7) is 3.90. The highest BCUT2D eigenvalue weighted by atomic mass is 32.2. The molecule has 5 nitrogen and oxygen atoms in total. The summed E-state index contributed by atoms with van der Waals surface area (Å²) >= 11 is -2.20. The molecule has 0 aliphatic rings. The molecule has 1 atom stereocenters. The topological polar surface area (TPSA) is 80.8 Å². The van der Waals surface area contributed by atoms with Gasteiger partial charge in [-0.1, -0.05) is 6.08 Å². The molecule has 2 N–H and O–H groups in total. The molecule has 1 aromatic heterocycles. The van der Waals surface area contributed by atoms with E-state index in [0.29, 0.717) is 0 Å². The Labute approximate surface area is 114 Å². The van der Waals surface area contributed by atoms with Gasteiger partial charge in [0.25, 0.3) is 0 Å². The summed E-state index contributed by atoms with van der Waals surface area (Å²) in [5.41, 5.74) is 2.74. The smallest absolute Gasteiger partial charge is 0.155 e. The van der Waals surface area contributed by atoms with Crippen LogP contribution in [0.4, 0.5) is 11.5 Å².